The molecule has 1 aromatic heterocycles. The van der Waals surface area contributed by atoms with E-state index in [0.29, 0.717) is 12.1 Å². The Labute approximate surface area is 132 Å². The standard InChI is InChI=1S/C14H21Br2N3/c1-3-11-8-19(12(4-2)7-17-11)9-14-13(16)5-10(15)6-18-14/h5-6,11-12,17H,3-4,7-9H2,1-2H3. The van der Waals surface area contributed by atoms with Crippen molar-refractivity contribution in [2.75, 3.05) is 13.1 Å². The molecule has 1 aliphatic heterocycles. The molecule has 0 aromatic carbocycles. The number of aromatic nitrogens is 1. The van der Waals surface area contributed by atoms with E-state index in [1.54, 1.807) is 0 Å². The molecular formula is C14H21Br2N3. The second kappa shape index (κ2) is 7.16. The minimum atomic E-state index is 0.608. The van der Waals surface area contributed by atoms with Crippen LogP contribution >= 0.6 is 31.9 Å². The maximum Gasteiger partial charge on any atom is 0.0686 e. The average Bonchev–Trinajstić information content (AvgIpc) is 2.41. The summed E-state index contributed by atoms with van der Waals surface area (Å²) in [6.07, 6.45) is 4.24. The molecule has 106 valence electrons. The maximum atomic E-state index is 4.54. The molecule has 0 spiro atoms. The summed E-state index contributed by atoms with van der Waals surface area (Å²) in [6.45, 7) is 7.62. The third-order valence-corrected chi connectivity index (χ3v) is 4.93. The molecule has 2 heterocycles. The summed E-state index contributed by atoms with van der Waals surface area (Å²) in [6, 6.07) is 3.29. The van der Waals surface area contributed by atoms with E-state index in [2.05, 4.69) is 67.0 Å². The second-order valence-corrected chi connectivity index (χ2v) is 6.86. The van der Waals surface area contributed by atoms with Crippen LogP contribution in [-0.4, -0.2) is 35.1 Å². The first kappa shape index (κ1) is 15.4. The Morgan fingerprint density at radius 3 is 2.79 bits per heavy atom. The fourth-order valence-electron chi connectivity index (χ4n) is 2.55. The number of nitrogens with one attached hydrogen (secondary N) is 1. The molecule has 19 heavy (non-hydrogen) atoms. The van der Waals surface area contributed by atoms with Crippen LogP contribution in [0.1, 0.15) is 32.4 Å². The van der Waals surface area contributed by atoms with Crippen molar-refractivity contribution in [2.45, 2.75) is 45.3 Å². The van der Waals surface area contributed by atoms with Crippen LogP contribution in [0, 0.1) is 0 Å². The summed E-state index contributed by atoms with van der Waals surface area (Å²) < 4.78 is 2.10. The third-order valence-electron chi connectivity index (χ3n) is 3.81. The minimum absolute atomic E-state index is 0.608. The molecule has 5 heteroatoms. The van der Waals surface area contributed by atoms with Crippen molar-refractivity contribution in [1.82, 2.24) is 15.2 Å². The molecule has 2 rings (SSSR count). The lowest BCUT2D eigenvalue weighted by atomic mass is 10.0. The van der Waals surface area contributed by atoms with Gasteiger partial charge in [0.1, 0.15) is 0 Å². The molecule has 0 aliphatic carbocycles. The van der Waals surface area contributed by atoms with Gasteiger partial charge in [0.2, 0.25) is 0 Å². The van der Waals surface area contributed by atoms with Gasteiger partial charge in [-0.1, -0.05) is 13.8 Å². The molecule has 0 amide bonds. The molecule has 1 fully saturated rings. The van der Waals surface area contributed by atoms with Crippen LogP contribution in [0.2, 0.25) is 0 Å². The first-order valence-corrected chi connectivity index (χ1v) is 8.50. The maximum absolute atomic E-state index is 4.54. The lowest BCUT2D eigenvalue weighted by Crippen LogP contribution is -2.55. The zero-order valence-corrected chi connectivity index (χ0v) is 14.7. The quantitative estimate of drug-likeness (QED) is 0.851. The Kier molecular flexibility index (Phi) is 5.81. The van der Waals surface area contributed by atoms with E-state index in [0.717, 1.165) is 34.3 Å². The van der Waals surface area contributed by atoms with Crippen molar-refractivity contribution in [3.63, 3.8) is 0 Å². The van der Waals surface area contributed by atoms with Crippen molar-refractivity contribution in [2.24, 2.45) is 0 Å². The largest absolute Gasteiger partial charge is 0.311 e. The van der Waals surface area contributed by atoms with Crippen LogP contribution in [0.4, 0.5) is 0 Å². The van der Waals surface area contributed by atoms with Crippen molar-refractivity contribution < 1.29 is 0 Å². The average molecular weight is 391 g/mol. The zero-order valence-electron chi connectivity index (χ0n) is 11.5. The number of hydrogen-bond acceptors (Lipinski definition) is 3. The third kappa shape index (κ3) is 4.00. The van der Waals surface area contributed by atoms with E-state index in [1.165, 1.54) is 12.8 Å². The molecular weight excluding hydrogens is 370 g/mol. The normalized spacial score (nSPS) is 24.6. The van der Waals surface area contributed by atoms with Gasteiger partial charge >= 0.3 is 0 Å². The fourth-order valence-corrected chi connectivity index (χ4v) is 3.66. The second-order valence-electron chi connectivity index (χ2n) is 5.09. The monoisotopic (exact) mass is 389 g/mol. The molecule has 1 N–H and O–H groups in total. The van der Waals surface area contributed by atoms with Crippen molar-refractivity contribution in [3.8, 4) is 0 Å². The Morgan fingerprint density at radius 2 is 2.16 bits per heavy atom. The molecule has 0 bridgehead atoms. The molecule has 2 atom stereocenters. The highest BCUT2D eigenvalue weighted by Gasteiger charge is 2.26. The van der Waals surface area contributed by atoms with Crippen molar-refractivity contribution in [1.29, 1.82) is 0 Å². The van der Waals surface area contributed by atoms with Crippen LogP contribution in [0.15, 0.2) is 21.2 Å². The van der Waals surface area contributed by atoms with Crippen LogP contribution in [-0.2, 0) is 6.54 Å². The highest BCUT2D eigenvalue weighted by Crippen LogP contribution is 2.23. The smallest absolute Gasteiger partial charge is 0.0686 e. The van der Waals surface area contributed by atoms with Crippen LogP contribution in [0.25, 0.3) is 0 Å². The Hall–Kier alpha value is 0.0300. The number of hydrogen-bond donors (Lipinski definition) is 1. The number of rotatable bonds is 4. The van der Waals surface area contributed by atoms with Gasteiger partial charge in [0.25, 0.3) is 0 Å². The predicted octanol–water partition coefficient (Wildman–Crippen LogP) is 3.57. The highest BCUT2D eigenvalue weighted by atomic mass is 79.9. The minimum Gasteiger partial charge on any atom is -0.311 e. The van der Waals surface area contributed by atoms with Gasteiger partial charge in [-0.3, -0.25) is 9.88 Å². The Bertz CT molecular complexity index is 425. The molecule has 0 radical (unpaired) electrons. The van der Waals surface area contributed by atoms with E-state index in [1.807, 2.05) is 6.20 Å². The van der Waals surface area contributed by atoms with E-state index in [9.17, 15) is 0 Å². The van der Waals surface area contributed by atoms with Gasteiger partial charge in [-0.05, 0) is 50.8 Å². The topological polar surface area (TPSA) is 28.2 Å². The summed E-state index contributed by atoms with van der Waals surface area (Å²) in [7, 11) is 0. The summed E-state index contributed by atoms with van der Waals surface area (Å²) in [5, 5.41) is 3.63. The van der Waals surface area contributed by atoms with E-state index < -0.39 is 0 Å². The number of halogens is 2. The van der Waals surface area contributed by atoms with Gasteiger partial charge in [0.05, 0.1) is 5.69 Å². The van der Waals surface area contributed by atoms with Crippen LogP contribution in [0.5, 0.6) is 0 Å². The summed E-state index contributed by atoms with van der Waals surface area (Å²) in [4.78, 5) is 7.10. The first-order chi connectivity index (χ1) is 9.13. The van der Waals surface area contributed by atoms with Crippen LogP contribution in [0.3, 0.4) is 0 Å². The van der Waals surface area contributed by atoms with Gasteiger partial charge in [-0.2, -0.15) is 0 Å². The fraction of sp³-hybridized carbons (Fsp3) is 0.643. The van der Waals surface area contributed by atoms with E-state index in [-0.39, 0.29) is 0 Å². The molecule has 0 saturated carbocycles. The molecule has 1 aliphatic rings. The van der Waals surface area contributed by atoms with E-state index in [4.69, 9.17) is 0 Å². The summed E-state index contributed by atoms with van der Waals surface area (Å²) in [5.41, 5.74) is 1.12. The van der Waals surface area contributed by atoms with Crippen molar-refractivity contribution in [3.05, 3.63) is 26.9 Å². The van der Waals surface area contributed by atoms with E-state index >= 15 is 0 Å². The van der Waals surface area contributed by atoms with Gasteiger partial charge in [0, 0.05) is 46.9 Å². The molecule has 1 saturated heterocycles. The highest BCUT2D eigenvalue weighted by molar-refractivity contribution is 9.11. The lowest BCUT2D eigenvalue weighted by Gasteiger charge is -2.39. The van der Waals surface area contributed by atoms with Crippen LogP contribution < -0.4 is 5.32 Å². The first-order valence-electron chi connectivity index (χ1n) is 6.91. The molecule has 2 unspecified atom stereocenters. The van der Waals surface area contributed by atoms with Gasteiger partial charge in [0.15, 0.2) is 0 Å². The Balaban J connectivity index is 2.09. The van der Waals surface area contributed by atoms with Crippen molar-refractivity contribution >= 4 is 31.9 Å². The molecule has 1 aromatic rings. The number of pyridine rings is 1. The summed E-state index contributed by atoms with van der Waals surface area (Å²) >= 11 is 7.06. The zero-order chi connectivity index (χ0) is 13.8. The predicted molar refractivity (Wildman–Crippen MR) is 86.2 cm³/mol. The SMILES string of the molecule is CCC1CN(Cc2ncc(Br)cc2Br)C(CC)CN1. The number of piperazine rings is 1. The lowest BCUT2D eigenvalue weighted by molar-refractivity contribution is 0.116. The number of nitrogens with zero attached hydrogens (tertiary/aromatic N) is 2. The Morgan fingerprint density at radius 1 is 1.37 bits per heavy atom. The molecule has 3 nitrogen and oxygen atoms in total. The van der Waals surface area contributed by atoms with Gasteiger partial charge < -0.3 is 5.32 Å². The van der Waals surface area contributed by atoms with Gasteiger partial charge in [-0.25, -0.2) is 0 Å². The summed E-state index contributed by atoms with van der Waals surface area (Å²) in [5.74, 6) is 0. The van der Waals surface area contributed by atoms with Gasteiger partial charge in [-0.15, -0.1) is 0 Å².